The Kier molecular flexibility index (Phi) is 4.65. The first-order valence-corrected chi connectivity index (χ1v) is 6.76. The zero-order chi connectivity index (χ0) is 17.1. The van der Waals surface area contributed by atoms with Gasteiger partial charge in [0.1, 0.15) is 11.4 Å². The first-order valence-electron chi connectivity index (χ1n) is 6.76. The van der Waals surface area contributed by atoms with Crippen LogP contribution in [0.4, 0.5) is 0 Å². The summed E-state index contributed by atoms with van der Waals surface area (Å²) in [7, 11) is 4.82. The second-order valence-corrected chi connectivity index (χ2v) is 5.14. The number of para-hydroxylation sites is 2. The van der Waals surface area contributed by atoms with E-state index in [1.807, 2.05) is 0 Å². The van der Waals surface area contributed by atoms with Gasteiger partial charge in [0, 0.05) is 6.54 Å². The van der Waals surface area contributed by atoms with Crippen LogP contribution in [-0.2, 0) is 6.54 Å². The van der Waals surface area contributed by atoms with Crippen molar-refractivity contribution in [3.05, 3.63) is 56.4 Å². The highest BCUT2D eigenvalue weighted by Gasteiger charge is 2.21. The monoisotopic (exact) mass is 319 g/mol. The number of benzene rings is 1. The summed E-state index contributed by atoms with van der Waals surface area (Å²) in [6.45, 7) is 0.0758. The second kappa shape index (κ2) is 6.49. The van der Waals surface area contributed by atoms with Gasteiger partial charge < -0.3 is 19.7 Å². The summed E-state index contributed by atoms with van der Waals surface area (Å²) >= 11 is 0. The number of nitrogens with one attached hydrogen (secondary N) is 1. The molecule has 2 N–H and O–H groups in total. The lowest BCUT2D eigenvalue weighted by Gasteiger charge is -2.15. The number of aromatic nitrogens is 2. The van der Waals surface area contributed by atoms with E-state index in [2.05, 4.69) is 4.98 Å². The molecule has 1 aromatic heterocycles. The number of hydrogen-bond acceptors (Lipinski definition) is 5. The SMILES string of the molecule is COc1ccccc1-n1c(=O)[nH]c(C(=O)O)c(CN(C)C)c1=O. The van der Waals surface area contributed by atoms with Gasteiger partial charge in [-0.25, -0.2) is 14.2 Å². The fourth-order valence-electron chi connectivity index (χ4n) is 2.25. The number of hydrogen-bond donors (Lipinski definition) is 2. The van der Waals surface area contributed by atoms with Crippen LogP contribution in [0.5, 0.6) is 5.75 Å². The predicted octanol–water partition coefficient (Wildman–Crippen LogP) is 0.294. The summed E-state index contributed by atoms with van der Waals surface area (Å²) in [4.78, 5) is 40.2. The first-order chi connectivity index (χ1) is 10.9. The van der Waals surface area contributed by atoms with Crippen LogP contribution >= 0.6 is 0 Å². The molecule has 122 valence electrons. The molecule has 0 aliphatic carbocycles. The maximum atomic E-state index is 12.7. The molecule has 0 fully saturated rings. The maximum absolute atomic E-state index is 12.7. The summed E-state index contributed by atoms with van der Waals surface area (Å²) in [5.41, 5.74) is -1.69. The van der Waals surface area contributed by atoms with Crippen molar-refractivity contribution in [1.29, 1.82) is 0 Å². The van der Waals surface area contributed by atoms with Crippen molar-refractivity contribution in [3.8, 4) is 11.4 Å². The summed E-state index contributed by atoms with van der Waals surface area (Å²) in [6.07, 6.45) is 0. The highest BCUT2D eigenvalue weighted by Crippen LogP contribution is 2.19. The van der Waals surface area contributed by atoms with Crippen molar-refractivity contribution in [3.63, 3.8) is 0 Å². The smallest absolute Gasteiger partial charge is 0.352 e. The number of carboxylic acids is 1. The molecule has 0 saturated heterocycles. The van der Waals surface area contributed by atoms with Crippen LogP contribution in [0.25, 0.3) is 5.69 Å². The van der Waals surface area contributed by atoms with Crippen LogP contribution < -0.4 is 16.0 Å². The fraction of sp³-hybridized carbons (Fsp3) is 0.267. The van der Waals surface area contributed by atoms with Gasteiger partial charge in [-0.05, 0) is 26.2 Å². The third-order valence-electron chi connectivity index (χ3n) is 3.21. The van der Waals surface area contributed by atoms with Gasteiger partial charge in [-0.2, -0.15) is 0 Å². The average molecular weight is 319 g/mol. The molecule has 2 aromatic rings. The van der Waals surface area contributed by atoms with Crippen molar-refractivity contribution in [1.82, 2.24) is 14.5 Å². The maximum Gasteiger partial charge on any atom is 0.352 e. The molecular weight excluding hydrogens is 302 g/mol. The van der Waals surface area contributed by atoms with Gasteiger partial charge in [-0.15, -0.1) is 0 Å². The standard InChI is InChI=1S/C15H17N3O5/c1-17(2)8-9-12(14(20)21)16-15(22)18(13(9)19)10-6-4-5-7-11(10)23-3/h4-7H,8H2,1-3H3,(H,16,22)(H,20,21). The van der Waals surface area contributed by atoms with Crippen LogP contribution in [0, 0.1) is 0 Å². The van der Waals surface area contributed by atoms with Crippen molar-refractivity contribution in [2.75, 3.05) is 21.2 Å². The number of nitrogens with zero attached hydrogens (tertiary/aromatic N) is 2. The molecule has 8 nitrogen and oxygen atoms in total. The molecule has 1 aromatic carbocycles. The minimum atomic E-state index is -1.36. The second-order valence-electron chi connectivity index (χ2n) is 5.14. The molecule has 0 bridgehead atoms. The van der Waals surface area contributed by atoms with Gasteiger partial charge in [-0.1, -0.05) is 12.1 Å². The number of aromatic carboxylic acids is 1. The van der Waals surface area contributed by atoms with Gasteiger partial charge >= 0.3 is 11.7 Å². The van der Waals surface area contributed by atoms with E-state index in [9.17, 15) is 19.5 Å². The van der Waals surface area contributed by atoms with Crippen LogP contribution in [-0.4, -0.2) is 46.7 Å². The molecule has 8 heteroatoms. The highest BCUT2D eigenvalue weighted by molar-refractivity contribution is 5.86. The van der Waals surface area contributed by atoms with E-state index in [1.54, 1.807) is 43.3 Å². The van der Waals surface area contributed by atoms with Crippen molar-refractivity contribution in [2.45, 2.75) is 6.54 Å². The Morgan fingerprint density at radius 2 is 1.96 bits per heavy atom. The summed E-state index contributed by atoms with van der Waals surface area (Å²) in [5.74, 6) is -1.03. The zero-order valence-corrected chi connectivity index (χ0v) is 13.0. The summed E-state index contributed by atoms with van der Waals surface area (Å²) in [5, 5.41) is 9.23. The molecule has 0 spiro atoms. The Morgan fingerprint density at radius 1 is 1.30 bits per heavy atom. The Morgan fingerprint density at radius 3 is 2.52 bits per heavy atom. The highest BCUT2D eigenvalue weighted by atomic mass is 16.5. The zero-order valence-electron chi connectivity index (χ0n) is 13.0. The lowest BCUT2D eigenvalue weighted by molar-refractivity contribution is 0.0687. The van der Waals surface area contributed by atoms with Gasteiger partial charge in [0.2, 0.25) is 0 Å². The first kappa shape index (κ1) is 16.5. The summed E-state index contributed by atoms with van der Waals surface area (Å²) in [6, 6.07) is 6.52. The molecule has 0 aliphatic heterocycles. The van der Waals surface area contributed by atoms with Crippen molar-refractivity contribution >= 4 is 5.97 Å². The molecule has 1 heterocycles. The normalized spacial score (nSPS) is 10.8. The number of methoxy groups -OCH3 is 1. The number of rotatable bonds is 5. The largest absolute Gasteiger partial charge is 0.495 e. The fourth-order valence-corrected chi connectivity index (χ4v) is 2.25. The topological polar surface area (TPSA) is 105 Å². The molecule has 0 radical (unpaired) electrons. The average Bonchev–Trinajstić information content (AvgIpc) is 2.49. The van der Waals surface area contributed by atoms with Crippen molar-refractivity contribution < 1.29 is 14.6 Å². The number of aromatic amines is 1. The van der Waals surface area contributed by atoms with E-state index in [0.29, 0.717) is 5.75 Å². The number of carbonyl (C=O) groups is 1. The molecule has 0 aliphatic rings. The number of H-pyrrole nitrogens is 1. The minimum Gasteiger partial charge on any atom is -0.495 e. The summed E-state index contributed by atoms with van der Waals surface area (Å²) < 4.78 is 6.05. The lowest BCUT2D eigenvalue weighted by Crippen LogP contribution is -2.40. The Labute approximate surface area is 131 Å². The van der Waals surface area contributed by atoms with E-state index in [-0.39, 0.29) is 17.8 Å². The molecule has 0 saturated carbocycles. The quantitative estimate of drug-likeness (QED) is 0.821. The van der Waals surface area contributed by atoms with Crippen LogP contribution in [0.1, 0.15) is 16.1 Å². The van der Waals surface area contributed by atoms with Gasteiger partial charge in [0.05, 0.1) is 18.4 Å². The molecular formula is C15H17N3O5. The Bertz CT molecular complexity index is 851. The van der Waals surface area contributed by atoms with Crippen molar-refractivity contribution in [2.24, 2.45) is 0 Å². The van der Waals surface area contributed by atoms with E-state index < -0.39 is 22.9 Å². The van der Waals surface area contributed by atoms with Crippen LogP contribution in [0.3, 0.4) is 0 Å². The molecule has 0 atom stereocenters. The molecule has 0 unspecified atom stereocenters. The third kappa shape index (κ3) is 3.16. The van der Waals surface area contributed by atoms with E-state index in [4.69, 9.17) is 4.74 Å². The van der Waals surface area contributed by atoms with Gasteiger partial charge in [0.15, 0.2) is 0 Å². The number of carboxylic acid groups (broad SMARTS) is 1. The predicted molar refractivity (Wildman–Crippen MR) is 83.6 cm³/mol. The van der Waals surface area contributed by atoms with Crippen LogP contribution in [0.15, 0.2) is 33.9 Å². The molecule has 0 amide bonds. The van der Waals surface area contributed by atoms with E-state index >= 15 is 0 Å². The van der Waals surface area contributed by atoms with Gasteiger partial charge in [-0.3, -0.25) is 4.79 Å². The lowest BCUT2D eigenvalue weighted by atomic mass is 10.2. The van der Waals surface area contributed by atoms with E-state index in [1.165, 1.54) is 7.11 Å². The molecule has 2 rings (SSSR count). The molecule has 23 heavy (non-hydrogen) atoms. The van der Waals surface area contributed by atoms with Crippen LogP contribution in [0.2, 0.25) is 0 Å². The Hall–Kier alpha value is -2.87. The third-order valence-corrected chi connectivity index (χ3v) is 3.21. The van der Waals surface area contributed by atoms with Gasteiger partial charge in [0.25, 0.3) is 5.56 Å². The minimum absolute atomic E-state index is 0.00648. The number of ether oxygens (including phenoxy) is 1. The Balaban J connectivity index is 2.83. The van der Waals surface area contributed by atoms with E-state index in [0.717, 1.165) is 4.57 Å².